The number of benzene rings is 2. The van der Waals surface area contributed by atoms with Gasteiger partial charge < -0.3 is 4.42 Å². The summed E-state index contributed by atoms with van der Waals surface area (Å²) in [7, 11) is 0. The van der Waals surface area contributed by atoms with E-state index < -0.39 is 0 Å². The van der Waals surface area contributed by atoms with Crippen molar-refractivity contribution < 1.29 is 4.42 Å². The lowest BCUT2D eigenvalue weighted by molar-refractivity contribution is 0.499. The van der Waals surface area contributed by atoms with E-state index in [9.17, 15) is 0 Å². The van der Waals surface area contributed by atoms with Crippen LogP contribution < -0.4 is 0 Å². The van der Waals surface area contributed by atoms with Gasteiger partial charge in [0, 0.05) is 22.6 Å². The monoisotopic (exact) mass is 235 g/mol. The average molecular weight is 235 g/mol. The van der Waals surface area contributed by atoms with Gasteiger partial charge in [0.1, 0.15) is 17.4 Å². The third-order valence-electron chi connectivity index (χ3n) is 3.72. The van der Waals surface area contributed by atoms with Crippen molar-refractivity contribution in [2.45, 2.75) is 19.4 Å². The van der Waals surface area contributed by atoms with Crippen LogP contribution in [-0.4, -0.2) is 6.21 Å². The van der Waals surface area contributed by atoms with Crippen LogP contribution in [0.5, 0.6) is 0 Å². The summed E-state index contributed by atoms with van der Waals surface area (Å²) in [4.78, 5) is 4.49. The van der Waals surface area contributed by atoms with E-state index >= 15 is 0 Å². The minimum absolute atomic E-state index is 0.200. The maximum atomic E-state index is 6.10. The summed E-state index contributed by atoms with van der Waals surface area (Å²) in [5.41, 5.74) is 2.17. The Labute approximate surface area is 105 Å². The molecule has 1 aromatic heterocycles. The van der Waals surface area contributed by atoms with E-state index in [1.165, 1.54) is 21.7 Å². The van der Waals surface area contributed by atoms with Gasteiger partial charge in [0.05, 0.1) is 0 Å². The number of nitrogens with zero attached hydrogens (tertiary/aromatic N) is 1. The molecule has 0 N–H and O–H groups in total. The number of furan rings is 1. The van der Waals surface area contributed by atoms with Crippen molar-refractivity contribution >= 4 is 28.0 Å². The number of rotatable bonds is 1. The van der Waals surface area contributed by atoms with Crippen LogP contribution in [0, 0.1) is 0 Å². The van der Waals surface area contributed by atoms with Crippen molar-refractivity contribution in [2.24, 2.45) is 4.99 Å². The van der Waals surface area contributed by atoms with E-state index in [-0.39, 0.29) is 6.04 Å². The number of hydrogen-bond acceptors (Lipinski definition) is 2. The molecule has 0 amide bonds. The SMILES string of the molecule is CCC1N=Cc2c1oc1c2ccc2ccccc21. The first-order valence-corrected chi connectivity index (χ1v) is 6.36. The highest BCUT2D eigenvalue weighted by molar-refractivity contribution is 6.11. The summed E-state index contributed by atoms with van der Waals surface area (Å²) in [6, 6.07) is 12.8. The highest BCUT2D eigenvalue weighted by Crippen LogP contribution is 2.38. The van der Waals surface area contributed by atoms with Gasteiger partial charge in [-0.05, 0) is 17.9 Å². The first kappa shape index (κ1) is 9.89. The maximum absolute atomic E-state index is 6.10. The first-order chi connectivity index (χ1) is 8.88. The van der Waals surface area contributed by atoms with Crippen LogP contribution in [0.25, 0.3) is 21.7 Å². The lowest BCUT2D eigenvalue weighted by Crippen LogP contribution is -1.85. The minimum atomic E-state index is 0.200. The zero-order valence-corrected chi connectivity index (χ0v) is 10.2. The van der Waals surface area contributed by atoms with Gasteiger partial charge in [-0.25, -0.2) is 0 Å². The van der Waals surface area contributed by atoms with Crippen LogP contribution in [0.3, 0.4) is 0 Å². The molecule has 2 heteroatoms. The van der Waals surface area contributed by atoms with Gasteiger partial charge in [-0.15, -0.1) is 0 Å². The molecular weight excluding hydrogens is 222 g/mol. The van der Waals surface area contributed by atoms with E-state index in [0.29, 0.717) is 0 Å². The van der Waals surface area contributed by atoms with E-state index in [0.717, 1.165) is 17.8 Å². The van der Waals surface area contributed by atoms with Crippen molar-refractivity contribution in [3.63, 3.8) is 0 Å². The van der Waals surface area contributed by atoms with Gasteiger partial charge in [0.2, 0.25) is 0 Å². The summed E-state index contributed by atoms with van der Waals surface area (Å²) < 4.78 is 6.10. The molecular formula is C16H13NO. The van der Waals surface area contributed by atoms with Gasteiger partial charge in [0.25, 0.3) is 0 Å². The predicted molar refractivity (Wildman–Crippen MR) is 74.3 cm³/mol. The molecule has 18 heavy (non-hydrogen) atoms. The predicted octanol–water partition coefficient (Wildman–Crippen LogP) is 4.47. The Kier molecular flexibility index (Phi) is 1.90. The average Bonchev–Trinajstić information content (AvgIpc) is 2.97. The summed E-state index contributed by atoms with van der Waals surface area (Å²) in [5.74, 6) is 1.03. The molecule has 0 bridgehead atoms. The van der Waals surface area contributed by atoms with Crippen molar-refractivity contribution in [3.05, 3.63) is 47.7 Å². The van der Waals surface area contributed by atoms with Crippen molar-refractivity contribution in [1.82, 2.24) is 0 Å². The molecule has 1 unspecified atom stereocenters. The third kappa shape index (κ3) is 1.15. The molecule has 88 valence electrons. The number of hydrogen-bond donors (Lipinski definition) is 0. The molecule has 2 aromatic carbocycles. The standard InChI is InChI=1S/C16H13NO/c1-2-14-16-13(9-17-14)12-8-7-10-5-3-4-6-11(10)15(12)18-16/h3-9,14H,2H2,1H3. The van der Waals surface area contributed by atoms with E-state index in [1.807, 2.05) is 6.21 Å². The Morgan fingerprint density at radius 2 is 2.00 bits per heavy atom. The normalized spacial score (nSPS) is 17.7. The molecule has 0 aliphatic carbocycles. The van der Waals surface area contributed by atoms with Gasteiger partial charge in [-0.1, -0.05) is 37.3 Å². The molecule has 0 radical (unpaired) electrons. The molecule has 0 fully saturated rings. The zero-order valence-electron chi connectivity index (χ0n) is 10.2. The lowest BCUT2D eigenvalue weighted by atomic mass is 10.0. The molecule has 1 aliphatic heterocycles. The zero-order chi connectivity index (χ0) is 12.1. The van der Waals surface area contributed by atoms with Gasteiger partial charge in [0.15, 0.2) is 0 Å². The fourth-order valence-electron chi connectivity index (χ4n) is 2.77. The molecule has 1 aliphatic rings. The Morgan fingerprint density at radius 1 is 1.11 bits per heavy atom. The fourth-order valence-corrected chi connectivity index (χ4v) is 2.77. The van der Waals surface area contributed by atoms with Crippen LogP contribution in [0.4, 0.5) is 0 Å². The minimum Gasteiger partial charge on any atom is -0.457 e. The lowest BCUT2D eigenvalue weighted by Gasteiger charge is -2.01. The second kappa shape index (κ2) is 3.45. The van der Waals surface area contributed by atoms with Crippen LogP contribution in [0.15, 0.2) is 45.8 Å². The Morgan fingerprint density at radius 3 is 2.89 bits per heavy atom. The molecule has 2 heterocycles. The fraction of sp³-hybridized carbons (Fsp3) is 0.188. The molecule has 0 spiro atoms. The summed E-state index contributed by atoms with van der Waals surface area (Å²) >= 11 is 0. The molecule has 4 rings (SSSR count). The summed E-state index contributed by atoms with van der Waals surface area (Å²) in [6.07, 6.45) is 2.95. The summed E-state index contributed by atoms with van der Waals surface area (Å²) in [6.45, 7) is 2.14. The second-order valence-electron chi connectivity index (χ2n) is 4.75. The Bertz CT molecular complexity index is 782. The molecule has 3 aromatic rings. The van der Waals surface area contributed by atoms with E-state index in [2.05, 4.69) is 48.3 Å². The summed E-state index contributed by atoms with van der Waals surface area (Å²) in [5, 5.41) is 3.60. The van der Waals surface area contributed by atoms with Crippen molar-refractivity contribution in [3.8, 4) is 0 Å². The Hall–Kier alpha value is -2.09. The number of aliphatic imine (C=N–C) groups is 1. The second-order valence-corrected chi connectivity index (χ2v) is 4.75. The van der Waals surface area contributed by atoms with Gasteiger partial charge in [-0.3, -0.25) is 4.99 Å². The number of fused-ring (bicyclic) bond motifs is 5. The van der Waals surface area contributed by atoms with Crippen LogP contribution >= 0.6 is 0 Å². The van der Waals surface area contributed by atoms with Crippen LogP contribution in [0.1, 0.15) is 30.7 Å². The van der Waals surface area contributed by atoms with Crippen LogP contribution in [-0.2, 0) is 0 Å². The highest BCUT2D eigenvalue weighted by atomic mass is 16.3. The third-order valence-corrected chi connectivity index (χ3v) is 3.72. The first-order valence-electron chi connectivity index (χ1n) is 6.36. The van der Waals surface area contributed by atoms with E-state index in [4.69, 9.17) is 4.42 Å². The molecule has 2 nitrogen and oxygen atoms in total. The Balaban J connectivity index is 2.14. The molecule has 0 saturated heterocycles. The largest absolute Gasteiger partial charge is 0.457 e. The molecule has 1 atom stereocenters. The maximum Gasteiger partial charge on any atom is 0.142 e. The molecule has 0 saturated carbocycles. The van der Waals surface area contributed by atoms with Crippen molar-refractivity contribution in [1.29, 1.82) is 0 Å². The smallest absolute Gasteiger partial charge is 0.142 e. The van der Waals surface area contributed by atoms with Gasteiger partial charge in [-0.2, -0.15) is 0 Å². The van der Waals surface area contributed by atoms with Crippen molar-refractivity contribution in [2.75, 3.05) is 0 Å². The van der Waals surface area contributed by atoms with E-state index in [1.54, 1.807) is 0 Å². The van der Waals surface area contributed by atoms with Crippen LogP contribution in [0.2, 0.25) is 0 Å². The quantitative estimate of drug-likeness (QED) is 0.611. The topological polar surface area (TPSA) is 25.5 Å². The highest BCUT2D eigenvalue weighted by Gasteiger charge is 2.24. The van der Waals surface area contributed by atoms with Gasteiger partial charge >= 0.3 is 0 Å².